The van der Waals surface area contributed by atoms with Gasteiger partial charge < -0.3 is 4.42 Å². The van der Waals surface area contributed by atoms with Crippen molar-refractivity contribution >= 4 is 11.6 Å². The van der Waals surface area contributed by atoms with Crippen molar-refractivity contribution in [3.05, 3.63) is 58.5 Å². The van der Waals surface area contributed by atoms with Gasteiger partial charge in [0.1, 0.15) is 5.76 Å². The number of rotatable bonds is 3. The molecular weight excluding hydrogens is 252 g/mol. The number of amides is 1. The van der Waals surface area contributed by atoms with Crippen LogP contribution in [-0.4, -0.2) is 11.6 Å². The third-order valence-electron chi connectivity index (χ3n) is 3.21. The molecular formula is C16H18N2O2. The van der Waals surface area contributed by atoms with Gasteiger partial charge in [0, 0.05) is 0 Å². The molecule has 0 aliphatic rings. The molecule has 0 aliphatic carbocycles. The second-order valence-electron chi connectivity index (χ2n) is 4.85. The molecule has 0 fully saturated rings. The number of aryl methyl sites for hydroxylation is 3. The minimum Gasteiger partial charge on any atom is -0.456 e. The Morgan fingerprint density at radius 1 is 1.10 bits per heavy atom. The van der Waals surface area contributed by atoms with Crippen LogP contribution in [0.1, 0.15) is 39.9 Å². The van der Waals surface area contributed by atoms with Gasteiger partial charge >= 0.3 is 5.91 Å². The van der Waals surface area contributed by atoms with Crippen LogP contribution >= 0.6 is 0 Å². The van der Waals surface area contributed by atoms with Crippen LogP contribution in [0.2, 0.25) is 0 Å². The summed E-state index contributed by atoms with van der Waals surface area (Å²) in [5.41, 5.74) is 6.68. The maximum atomic E-state index is 11.8. The van der Waals surface area contributed by atoms with E-state index in [1.165, 1.54) is 11.1 Å². The van der Waals surface area contributed by atoms with Crippen LogP contribution in [-0.2, 0) is 0 Å². The Balaban J connectivity index is 2.10. The number of furan rings is 1. The average molecular weight is 270 g/mol. The van der Waals surface area contributed by atoms with Crippen molar-refractivity contribution in [1.82, 2.24) is 5.43 Å². The topological polar surface area (TPSA) is 54.6 Å². The summed E-state index contributed by atoms with van der Waals surface area (Å²) in [6.45, 7) is 7.76. The molecule has 1 heterocycles. The third kappa shape index (κ3) is 3.15. The molecule has 4 nitrogen and oxygen atoms in total. The second-order valence-corrected chi connectivity index (χ2v) is 4.85. The van der Waals surface area contributed by atoms with E-state index in [4.69, 9.17) is 4.42 Å². The highest BCUT2D eigenvalue weighted by atomic mass is 16.3. The van der Waals surface area contributed by atoms with E-state index in [1.54, 1.807) is 19.1 Å². The summed E-state index contributed by atoms with van der Waals surface area (Å²) in [4.78, 5) is 11.8. The number of nitrogens with zero attached hydrogens (tertiary/aromatic N) is 1. The molecule has 0 unspecified atom stereocenters. The number of hydrazone groups is 1. The Labute approximate surface area is 118 Å². The standard InChI is InChI=1S/C16H18N2O2/c1-10-5-7-14(9-11(10)2)13(4)17-18-16(19)15-8-6-12(3)20-15/h5-9H,1-4H3,(H,18,19)/b17-13+. The van der Waals surface area contributed by atoms with E-state index in [-0.39, 0.29) is 11.7 Å². The summed E-state index contributed by atoms with van der Waals surface area (Å²) in [6, 6.07) is 9.46. The molecule has 4 heteroatoms. The number of carbonyl (C=O) groups excluding carboxylic acids is 1. The predicted molar refractivity (Wildman–Crippen MR) is 79.0 cm³/mol. The fraction of sp³-hybridized carbons (Fsp3) is 0.250. The second kappa shape index (κ2) is 5.74. The number of carbonyl (C=O) groups is 1. The van der Waals surface area contributed by atoms with E-state index in [1.807, 2.05) is 19.1 Å². The SMILES string of the molecule is C/C(=N\NC(=O)c1ccc(C)o1)c1ccc(C)c(C)c1. The molecule has 1 aromatic carbocycles. The number of hydrogen-bond donors (Lipinski definition) is 1. The lowest BCUT2D eigenvalue weighted by Crippen LogP contribution is -2.18. The largest absolute Gasteiger partial charge is 0.456 e. The summed E-state index contributed by atoms with van der Waals surface area (Å²) < 4.78 is 5.24. The number of hydrogen-bond acceptors (Lipinski definition) is 3. The molecule has 20 heavy (non-hydrogen) atoms. The van der Waals surface area contributed by atoms with Crippen LogP contribution in [0.5, 0.6) is 0 Å². The highest BCUT2D eigenvalue weighted by Gasteiger charge is 2.09. The fourth-order valence-corrected chi connectivity index (χ4v) is 1.78. The zero-order valence-electron chi connectivity index (χ0n) is 12.2. The Hall–Kier alpha value is -2.36. The highest BCUT2D eigenvalue weighted by Crippen LogP contribution is 2.11. The van der Waals surface area contributed by atoms with Crippen molar-refractivity contribution in [2.75, 3.05) is 0 Å². The molecule has 1 N–H and O–H groups in total. The zero-order valence-corrected chi connectivity index (χ0v) is 12.2. The molecule has 2 rings (SSSR count). The van der Waals surface area contributed by atoms with Gasteiger partial charge in [-0.1, -0.05) is 12.1 Å². The van der Waals surface area contributed by atoms with E-state index in [9.17, 15) is 4.79 Å². The van der Waals surface area contributed by atoms with E-state index < -0.39 is 0 Å². The lowest BCUT2D eigenvalue weighted by molar-refractivity contribution is 0.0926. The lowest BCUT2D eigenvalue weighted by Gasteiger charge is -2.05. The van der Waals surface area contributed by atoms with Gasteiger partial charge in [-0.2, -0.15) is 5.10 Å². The first kappa shape index (κ1) is 14.1. The smallest absolute Gasteiger partial charge is 0.307 e. The Morgan fingerprint density at radius 3 is 2.45 bits per heavy atom. The van der Waals surface area contributed by atoms with Crippen molar-refractivity contribution in [2.24, 2.45) is 5.10 Å². The molecule has 0 atom stereocenters. The molecule has 0 radical (unpaired) electrons. The minimum absolute atomic E-state index is 0.263. The van der Waals surface area contributed by atoms with E-state index >= 15 is 0 Å². The lowest BCUT2D eigenvalue weighted by atomic mass is 10.0. The Bertz CT molecular complexity index is 669. The number of nitrogens with one attached hydrogen (secondary N) is 1. The molecule has 0 spiro atoms. The Morgan fingerprint density at radius 2 is 1.85 bits per heavy atom. The normalized spacial score (nSPS) is 11.5. The summed E-state index contributed by atoms with van der Waals surface area (Å²) in [5.74, 6) is 0.616. The van der Waals surface area contributed by atoms with Gasteiger partial charge in [0.15, 0.2) is 5.76 Å². The zero-order chi connectivity index (χ0) is 14.7. The fourth-order valence-electron chi connectivity index (χ4n) is 1.78. The molecule has 0 aliphatic heterocycles. The van der Waals surface area contributed by atoms with Gasteiger partial charge in [0.2, 0.25) is 0 Å². The predicted octanol–water partition coefficient (Wildman–Crippen LogP) is 3.36. The van der Waals surface area contributed by atoms with Crippen molar-refractivity contribution < 1.29 is 9.21 Å². The molecule has 0 saturated carbocycles. The van der Waals surface area contributed by atoms with Crippen molar-refractivity contribution in [3.63, 3.8) is 0 Å². The first-order chi connectivity index (χ1) is 9.47. The van der Waals surface area contributed by atoms with E-state index in [2.05, 4.69) is 30.4 Å². The van der Waals surface area contributed by atoms with Crippen LogP contribution in [0.4, 0.5) is 0 Å². The van der Waals surface area contributed by atoms with Crippen molar-refractivity contribution in [3.8, 4) is 0 Å². The highest BCUT2D eigenvalue weighted by molar-refractivity contribution is 6.00. The van der Waals surface area contributed by atoms with Gasteiger partial charge in [-0.25, -0.2) is 5.43 Å². The van der Waals surface area contributed by atoms with Gasteiger partial charge in [0.05, 0.1) is 5.71 Å². The first-order valence-electron chi connectivity index (χ1n) is 6.46. The Kier molecular flexibility index (Phi) is 4.03. The quantitative estimate of drug-likeness (QED) is 0.686. The monoisotopic (exact) mass is 270 g/mol. The minimum atomic E-state index is -0.346. The van der Waals surface area contributed by atoms with E-state index in [0.717, 1.165) is 11.3 Å². The molecule has 0 bridgehead atoms. The van der Waals surface area contributed by atoms with Crippen molar-refractivity contribution in [1.29, 1.82) is 0 Å². The first-order valence-corrected chi connectivity index (χ1v) is 6.46. The molecule has 1 aromatic heterocycles. The third-order valence-corrected chi connectivity index (χ3v) is 3.21. The molecule has 0 saturated heterocycles. The number of benzene rings is 1. The summed E-state index contributed by atoms with van der Waals surface area (Å²) in [7, 11) is 0. The summed E-state index contributed by atoms with van der Waals surface area (Å²) in [5, 5.41) is 4.11. The van der Waals surface area contributed by atoms with E-state index in [0.29, 0.717) is 5.76 Å². The van der Waals surface area contributed by atoms with Crippen LogP contribution in [0.3, 0.4) is 0 Å². The average Bonchev–Trinajstić information content (AvgIpc) is 2.85. The summed E-state index contributed by atoms with van der Waals surface area (Å²) >= 11 is 0. The van der Waals surface area contributed by atoms with Gasteiger partial charge in [-0.3, -0.25) is 4.79 Å². The van der Waals surface area contributed by atoms with Crippen LogP contribution in [0.15, 0.2) is 39.9 Å². The van der Waals surface area contributed by atoms with Crippen LogP contribution in [0.25, 0.3) is 0 Å². The van der Waals surface area contributed by atoms with Crippen LogP contribution < -0.4 is 5.43 Å². The van der Waals surface area contributed by atoms with Gasteiger partial charge in [0.25, 0.3) is 0 Å². The maximum absolute atomic E-state index is 11.8. The molecule has 104 valence electrons. The van der Waals surface area contributed by atoms with Gasteiger partial charge in [-0.15, -0.1) is 0 Å². The van der Waals surface area contributed by atoms with Crippen molar-refractivity contribution in [2.45, 2.75) is 27.7 Å². The van der Waals surface area contributed by atoms with Gasteiger partial charge in [-0.05, 0) is 62.6 Å². The molecule has 1 amide bonds. The summed E-state index contributed by atoms with van der Waals surface area (Å²) in [6.07, 6.45) is 0. The maximum Gasteiger partial charge on any atom is 0.307 e. The molecule has 2 aromatic rings. The van der Waals surface area contributed by atoms with Crippen LogP contribution in [0, 0.1) is 20.8 Å².